The van der Waals surface area contributed by atoms with Crippen molar-refractivity contribution in [1.82, 2.24) is 10.3 Å². The summed E-state index contributed by atoms with van der Waals surface area (Å²) in [4.78, 5) is 4.72. The highest BCUT2D eigenvalue weighted by Gasteiger charge is 2.18. The lowest BCUT2D eigenvalue weighted by molar-refractivity contribution is 0.581. The van der Waals surface area contributed by atoms with Crippen LogP contribution < -0.4 is 5.32 Å². The van der Waals surface area contributed by atoms with Gasteiger partial charge in [0.25, 0.3) is 0 Å². The van der Waals surface area contributed by atoms with E-state index in [0.29, 0.717) is 6.04 Å². The Morgan fingerprint density at radius 3 is 3.13 bits per heavy atom. The van der Waals surface area contributed by atoms with Crippen LogP contribution in [0.5, 0.6) is 0 Å². The Bertz CT molecular complexity index is 300. The Labute approximate surface area is 96.1 Å². The largest absolute Gasteiger partial charge is 0.309 e. The van der Waals surface area contributed by atoms with Gasteiger partial charge in [-0.05, 0) is 38.1 Å². The molecule has 84 valence electrons. The molecular weight excluding hydrogens is 204 g/mol. The van der Waals surface area contributed by atoms with E-state index in [0.717, 1.165) is 18.9 Å². The van der Waals surface area contributed by atoms with Gasteiger partial charge in [0.1, 0.15) is 0 Å². The van der Waals surface area contributed by atoms with E-state index in [4.69, 9.17) is 4.98 Å². The van der Waals surface area contributed by atoms with Crippen LogP contribution in [-0.2, 0) is 6.42 Å². The number of hydrogen-bond acceptors (Lipinski definition) is 3. The maximum atomic E-state index is 4.72. The van der Waals surface area contributed by atoms with Crippen molar-refractivity contribution in [2.75, 3.05) is 6.54 Å². The summed E-state index contributed by atoms with van der Waals surface area (Å²) in [5, 5.41) is 7.04. The zero-order valence-corrected chi connectivity index (χ0v) is 10.4. The molecule has 0 aliphatic carbocycles. The van der Waals surface area contributed by atoms with Crippen molar-refractivity contribution in [3.63, 3.8) is 0 Å². The molecule has 1 aromatic rings. The highest BCUT2D eigenvalue weighted by molar-refractivity contribution is 7.09. The summed E-state index contributed by atoms with van der Waals surface area (Å²) in [6.45, 7) is 5.70. The van der Waals surface area contributed by atoms with Crippen LogP contribution in [0.3, 0.4) is 0 Å². The average Bonchev–Trinajstić information content (AvgIpc) is 2.85. The minimum absolute atomic E-state index is 0.536. The third kappa shape index (κ3) is 3.02. The van der Waals surface area contributed by atoms with E-state index in [1.54, 1.807) is 0 Å². The second-order valence-corrected chi connectivity index (χ2v) is 5.69. The van der Waals surface area contributed by atoms with Gasteiger partial charge in [-0.3, -0.25) is 0 Å². The van der Waals surface area contributed by atoms with Crippen LogP contribution in [0, 0.1) is 5.92 Å². The second-order valence-electron chi connectivity index (χ2n) is 4.75. The first-order chi connectivity index (χ1) is 7.25. The molecule has 1 fully saturated rings. The monoisotopic (exact) mass is 224 g/mol. The van der Waals surface area contributed by atoms with Crippen LogP contribution in [0.25, 0.3) is 0 Å². The Balaban J connectivity index is 1.91. The lowest BCUT2D eigenvalue weighted by Crippen LogP contribution is -2.13. The zero-order chi connectivity index (χ0) is 10.7. The van der Waals surface area contributed by atoms with Crippen LogP contribution in [0.15, 0.2) is 5.38 Å². The van der Waals surface area contributed by atoms with E-state index in [2.05, 4.69) is 24.5 Å². The van der Waals surface area contributed by atoms with Gasteiger partial charge in [0, 0.05) is 5.38 Å². The molecule has 1 aliphatic heterocycles. The van der Waals surface area contributed by atoms with Crippen LogP contribution in [-0.4, -0.2) is 11.5 Å². The Kier molecular flexibility index (Phi) is 3.76. The summed E-state index contributed by atoms with van der Waals surface area (Å²) < 4.78 is 0. The SMILES string of the molecule is CC(C)CCc1nc([C@H]2CCCN2)cs1. The molecule has 0 unspecified atom stereocenters. The van der Waals surface area contributed by atoms with Gasteiger partial charge in [-0.15, -0.1) is 11.3 Å². The Morgan fingerprint density at radius 1 is 1.60 bits per heavy atom. The minimum atomic E-state index is 0.536. The summed E-state index contributed by atoms with van der Waals surface area (Å²) in [5.41, 5.74) is 1.27. The van der Waals surface area contributed by atoms with Crippen molar-refractivity contribution < 1.29 is 0 Å². The molecule has 15 heavy (non-hydrogen) atoms. The van der Waals surface area contributed by atoms with Gasteiger partial charge in [-0.25, -0.2) is 4.98 Å². The molecule has 0 aromatic carbocycles. The molecule has 1 aliphatic rings. The molecule has 0 saturated carbocycles. The van der Waals surface area contributed by atoms with Crippen molar-refractivity contribution in [2.24, 2.45) is 5.92 Å². The maximum absolute atomic E-state index is 4.72. The fourth-order valence-electron chi connectivity index (χ4n) is 1.95. The maximum Gasteiger partial charge on any atom is 0.0929 e. The second kappa shape index (κ2) is 5.08. The first kappa shape index (κ1) is 11.1. The van der Waals surface area contributed by atoms with Crippen molar-refractivity contribution in [3.8, 4) is 0 Å². The number of aromatic nitrogens is 1. The van der Waals surface area contributed by atoms with E-state index in [1.165, 1.54) is 30.0 Å². The number of aryl methyl sites for hydroxylation is 1. The summed E-state index contributed by atoms with van der Waals surface area (Å²) >= 11 is 1.83. The van der Waals surface area contributed by atoms with Gasteiger partial charge in [0.05, 0.1) is 16.7 Å². The Hall–Kier alpha value is -0.410. The van der Waals surface area contributed by atoms with E-state index in [-0.39, 0.29) is 0 Å². The quantitative estimate of drug-likeness (QED) is 0.850. The topological polar surface area (TPSA) is 24.9 Å². The van der Waals surface area contributed by atoms with Crippen molar-refractivity contribution in [1.29, 1.82) is 0 Å². The fraction of sp³-hybridized carbons (Fsp3) is 0.750. The number of rotatable bonds is 4. The van der Waals surface area contributed by atoms with Gasteiger partial charge < -0.3 is 5.32 Å². The lowest BCUT2D eigenvalue weighted by atomic mass is 10.1. The van der Waals surface area contributed by atoms with Crippen LogP contribution >= 0.6 is 11.3 Å². The molecule has 2 rings (SSSR count). The summed E-state index contributed by atoms with van der Waals surface area (Å²) in [6, 6.07) is 0.536. The Morgan fingerprint density at radius 2 is 2.47 bits per heavy atom. The number of thiazole rings is 1. The van der Waals surface area contributed by atoms with E-state index < -0.39 is 0 Å². The highest BCUT2D eigenvalue weighted by atomic mass is 32.1. The van der Waals surface area contributed by atoms with Gasteiger partial charge in [-0.2, -0.15) is 0 Å². The van der Waals surface area contributed by atoms with E-state index >= 15 is 0 Å². The minimum Gasteiger partial charge on any atom is -0.309 e. The molecule has 0 bridgehead atoms. The third-order valence-corrected chi connectivity index (χ3v) is 3.85. The summed E-state index contributed by atoms with van der Waals surface area (Å²) in [6.07, 6.45) is 4.96. The number of hydrogen-bond donors (Lipinski definition) is 1. The lowest BCUT2D eigenvalue weighted by Gasteiger charge is -2.05. The summed E-state index contributed by atoms with van der Waals surface area (Å²) in [7, 11) is 0. The molecular formula is C12H20N2S. The van der Waals surface area contributed by atoms with Crippen LogP contribution in [0.2, 0.25) is 0 Å². The third-order valence-electron chi connectivity index (χ3n) is 2.92. The molecule has 1 saturated heterocycles. The normalized spacial score (nSPS) is 21.4. The molecule has 2 nitrogen and oxygen atoms in total. The molecule has 2 heterocycles. The van der Waals surface area contributed by atoms with E-state index in [1.807, 2.05) is 11.3 Å². The zero-order valence-electron chi connectivity index (χ0n) is 9.62. The smallest absolute Gasteiger partial charge is 0.0929 e. The molecule has 0 radical (unpaired) electrons. The van der Waals surface area contributed by atoms with E-state index in [9.17, 15) is 0 Å². The molecule has 3 heteroatoms. The molecule has 1 N–H and O–H groups in total. The van der Waals surface area contributed by atoms with Crippen molar-refractivity contribution in [2.45, 2.75) is 45.6 Å². The van der Waals surface area contributed by atoms with Gasteiger partial charge in [0.15, 0.2) is 0 Å². The van der Waals surface area contributed by atoms with Crippen molar-refractivity contribution in [3.05, 3.63) is 16.1 Å². The predicted octanol–water partition coefficient (Wildman–Crippen LogP) is 3.16. The fourth-order valence-corrected chi connectivity index (χ4v) is 2.82. The molecule has 1 aromatic heterocycles. The average molecular weight is 224 g/mol. The van der Waals surface area contributed by atoms with Crippen molar-refractivity contribution >= 4 is 11.3 Å². The summed E-state index contributed by atoms with van der Waals surface area (Å²) in [5.74, 6) is 0.780. The highest BCUT2D eigenvalue weighted by Crippen LogP contribution is 2.25. The number of nitrogens with one attached hydrogen (secondary N) is 1. The molecule has 1 atom stereocenters. The number of nitrogens with zero attached hydrogens (tertiary/aromatic N) is 1. The van der Waals surface area contributed by atoms with Gasteiger partial charge in [0.2, 0.25) is 0 Å². The van der Waals surface area contributed by atoms with Crippen LogP contribution in [0.1, 0.15) is 49.9 Å². The first-order valence-electron chi connectivity index (χ1n) is 5.93. The van der Waals surface area contributed by atoms with Crippen LogP contribution in [0.4, 0.5) is 0 Å². The predicted molar refractivity (Wildman–Crippen MR) is 65.3 cm³/mol. The van der Waals surface area contributed by atoms with Gasteiger partial charge >= 0.3 is 0 Å². The first-order valence-corrected chi connectivity index (χ1v) is 6.81. The standard InChI is InChI=1S/C12H20N2S/c1-9(2)5-6-12-14-11(8-15-12)10-4-3-7-13-10/h8-10,13H,3-7H2,1-2H3/t10-/m1/s1. The van der Waals surface area contributed by atoms with Gasteiger partial charge in [-0.1, -0.05) is 13.8 Å². The molecule has 0 spiro atoms. The molecule has 0 amide bonds.